The highest BCUT2D eigenvalue weighted by atomic mass is 19.4. The summed E-state index contributed by atoms with van der Waals surface area (Å²) in [5.41, 5.74) is -0.239. The van der Waals surface area contributed by atoms with Crippen LogP contribution in [0.5, 0.6) is 0 Å². The van der Waals surface area contributed by atoms with E-state index in [1.165, 1.54) is 35.4 Å². The Balaban J connectivity index is 1.90. The number of ketones is 1. The zero-order chi connectivity index (χ0) is 19.3. The van der Waals surface area contributed by atoms with E-state index in [0.717, 1.165) is 0 Å². The maximum atomic E-state index is 14.3. The second-order valence-corrected chi connectivity index (χ2v) is 6.19. The van der Waals surface area contributed by atoms with E-state index < -0.39 is 23.3 Å². The lowest BCUT2D eigenvalue weighted by molar-refractivity contribution is -0.114. The van der Waals surface area contributed by atoms with Crippen LogP contribution in [-0.4, -0.2) is 26.3 Å². The molecule has 0 amide bonds. The van der Waals surface area contributed by atoms with Crippen molar-refractivity contribution in [3.8, 4) is 0 Å². The summed E-state index contributed by atoms with van der Waals surface area (Å²) in [7, 11) is 0. The topological polar surface area (TPSA) is 59.3 Å². The summed E-state index contributed by atoms with van der Waals surface area (Å²) in [6, 6.07) is 0. The van der Waals surface area contributed by atoms with Crippen molar-refractivity contribution in [2.45, 2.75) is 19.5 Å². The Kier molecular flexibility index (Phi) is 3.76. The lowest BCUT2D eigenvalue weighted by Crippen LogP contribution is -2.18. The number of allylic oxidation sites excluding steroid dienone is 2. The van der Waals surface area contributed by atoms with Gasteiger partial charge in [0.1, 0.15) is 0 Å². The van der Waals surface area contributed by atoms with Gasteiger partial charge in [0.05, 0.1) is 23.0 Å². The van der Waals surface area contributed by atoms with Gasteiger partial charge < -0.3 is 9.72 Å². The zero-order valence-corrected chi connectivity index (χ0v) is 13.9. The van der Waals surface area contributed by atoms with E-state index in [1.807, 2.05) is 0 Å². The minimum Gasteiger partial charge on any atom is -0.335 e. The number of carbonyl (C=O) groups is 1. The molecule has 9 heteroatoms. The average molecular weight is 376 g/mol. The number of hydrogen-bond acceptors (Lipinski definition) is 4. The largest absolute Gasteiger partial charge is 0.417 e. The van der Waals surface area contributed by atoms with Crippen molar-refractivity contribution in [1.29, 1.82) is 0 Å². The number of pyridine rings is 1. The van der Waals surface area contributed by atoms with E-state index in [0.29, 0.717) is 11.6 Å². The molecule has 1 aliphatic rings. The second kappa shape index (κ2) is 5.90. The van der Waals surface area contributed by atoms with Gasteiger partial charge in [0, 0.05) is 42.3 Å². The van der Waals surface area contributed by atoms with Crippen molar-refractivity contribution in [3.05, 3.63) is 59.6 Å². The van der Waals surface area contributed by atoms with Gasteiger partial charge in [-0.2, -0.15) is 13.2 Å². The number of rotatable bonds is 2. The predicted octanol–water partition coefficient (Wildman–Crippen LogP) is 3.99. The first-order valence-corrected chi connectivity index (χ1v) is 7.93. The number of aryl methyl sites for hydroxylation is 1. The van der Waals surface area contributed by atoms with Crippen LogP contribution in [0.2, 0.25) is 0 Å². The molecule has 0 saturated heterocycles. The summed E-state index contributed by atoms with van der Waals surface area (Å²) in [5, 5.41) is 2.78. The van der Waals surface area contributed by atoms with Gasteiger partial charge in [-0.25, -0.2) is 9.37 Å². The lowest BCUT2D eigenvalue weighted by Gasteiger charge is -2.16. The standard InChI is InChI=1S/C18H12F4N4O/c1-9-6-23-7-14(15(9)19)25-17-16-11-4-10(27)5-13(18(20,21)22)12(11)8-26(16)3-2-24-17/h2-3,5-8H,4H2,1H3,(H,24,25). The van der Waals surface area contributed by atoms with Crippen LogP contribution < -0.4 is 5.32 Å². The first kappa shape index (κ1) is 17.2. The highest BCUT2D eigenvalue weighted by Crippen LogP contribution is 2.41. The van der Waals surface area contributed by atoms with Crippen LogP contribution in [0, 0.1) is 12.7 Å². The summed E-state index contributed by atoms with van der Waals surface area (Å²) in [5.74, 6) is -1.05. The number of carbonyl (C=O) groups excluding carboxylic acids is 1. The molecule has 1 aliphatic carbocycles. The third-order valence-electron chi connectivity index (χ3n) is 4.35. The van der Waals surface area contributed by atoms with Gasteiger partial charge in [0.15, 0.2) is 17.4 Å². The first-order chi connectivity index (χ1) is 12.8. The SMILES string of the molecule is Cc1cncc(Nc2nccn3cc4c(c23)CC(=O)C=C4C(F)(F)F)c1F. The van der Waals surface area contributed by atoms with Crippen LogP contribution in [0.25, 0.3) is 11.1 Å². The molecule has 3 heterocycles. The number of anilines is 2. The molecule has 0 spiro atoms. The van der Waals surface area contributed by atoms with Crippen molar-refractivity contribution in [2.75, 3.05) is 5.32 Å². The van der Waals surface area contributed by atoms with Gasteiger partial charge >= 0.3 is 6.18 Å². The molecule has 1 N–H and O–H groups in total. The minimum atomic E-state index is -4.66. The molecule has 0 fully saturated rings. The molecule has 4 rings (SSSR count). The van der Waals surface area contributed by atoms with E-state index >= 15 is 0 Å². The number of halogens is 4. The number of nitrogens with one attached hydrogen (secondary N) is 1. The molecule has 0 saturated carbocycles. The molecule has 27 heavy (non-hydrogen) atoms. The second-order valence-electron chi connectivity index (χ2n) is 6.19. The summed E-state index contributed by atoms with van der Waals surface area (Å²) < 4.78 is 55.8. The predicted molar refractivity (Wildman–Crippen MR) is 90.1 cm³/mol. The smallest absolute Gasteiger partial charge is 0.335 e. The normalized spacial score (nSPS) is 14.3. The maximum absolute atomic E-state index is 14.3. The van der Waals surface area contributed by atoms with Crippen LogP contribution in [0.1, 0.15) is 16.7 Å². The third kappa shape index (κ3) is 2.84. The van der Waals surface area contributed by atoms with Crippen LogP contribution in [0.15, 0.2) is 37.1 Å². The summed E-state index contributed by atoms with van der Waals surface area (Å²) in [6.45, 7) is 1.54. The van der Waals surface area contributed by atoms with Gasteiger partial charge in [-0.1, -0.05) is 0 Å². The van der Waals surface area contributed by atoms with Gasteiger partial charge in [-0.15, -0.1) is 0 Å². The fraction of sp³-hybridized carbons (Fsp3) is 0.167. The van der Waals surface area contributed by atoms with E-state index in [4.69, 9.17) is 0 Å². The molecule has 0 bridgehead atoms. The molecule has 0 aromatic carbocycles. The zero-order valence-electron chi connectivity index (χ0n) is 13.9. The monoisotopic (exact) mass is 376 g/mol. The maximum Gasteiger partial charge on any atom is 0.417 e. The highest BCUT2D eigenvalue weighted by molar-refractivity contribution is 6.05. The Labute approximate surface area is 150 Å². The summed E-state index contributed by atoms with van der Waals surface area (Å²) in [6.07, 6.45) is 2.52. The Bertz CT molecular complexity index is 1110. The Hall–Kier alpha value is -3.23. The lowest BCUT2D eigenvalue weighted by atomic mass is 9.92. The summed E-state index contributed by atoms with van der Waals surface area (Å²) in [4.78, 5) is 19.9. The van der Waals surface area contributed by atoms with E-state index in [2.05, 4.69) is 15.3 Å². The number of fused-ring (bicyclic) bond motifs is 3. The fourth-order valence-electron chi connectivity index (χ4n) is 3.15. The highest BCUT2D eigenvalue weighted by Gasteiger charge is 2.40. The molecule has 0 aliphatic heterocycles. The van der Waals surface area contributed by atoms with Crippen LogP contribution >= 0.6 is 0 Å². The van der Waals surface area contributed by atoms with Crippen molar-refractivity contribution >= 4 is 28.4 Å². The van der Waals surface area contributed by atoms with E-state index in [-0.39, 0.29) is 34.6 Å². The fourth-order valence-corrected chi connectivity index (χ4v) is 3.15. The molecular weight excluding hydrogens is 364 g/mol. The Morgan fingerprint density at radius 1 is 1.26 bits per heavy atom. The molecule has 0 atom stereocenters. The first-order valence-electron chi connectivity index (χ1n) is 7.93. The number of nitrogens with zero attached hydrogens (tertiary/aromatic N) is 3. The molecule has 0 unspecified atom stereocenters. The summed E-state index contributed by atoms with van der Waals surface area (Å²) >= 11 is 0. The third-order valence-corrected chi connectivity index (χ3v) is 4.35. The molecule has 0 radical (unpaired) electrons. The molecular formula is C18H12F4N4O. The van der Waals surface area contributed by atoms with Gasteiger partial charge in [-0.3, -0.25) is 9.78 Å². The van der Waals surface area contributed by atoms with Crippen molar-refractivity contribution < 1.29 is 22.4 Å². The van der Waals surface area contributed by atoms with Crippen LogP contribution in [0.3, 0.4) is 0 Å². The van der Waals surface area contributed by atoms with Gasteiger partial charge in [0.2, 0.25) is 0 Å². The number of hydrogen-bond donors (Lipinski definition) is 1. The van der Waals surface area contributed by atoms with E-state index in [9.17, 15) is 22.4 Å². The number of aromatic nitrogens is 3. The molecule has 3 aromatic rings. The van der Waals surface area contributed by atoms with Crippen molar-refractivity contribution in [2.24, 2.45) is 0 Å². The van der Waals surface area contributed by atoms with E-state index in [1.54, 1.807) is 6.92 Å². The van der Waals surface area contributed by atoms with Gasteiger partial charge in [0.25, 0.3) is 0 Å². The van der Waals surface area contributed by atoms with Crippen LogP contribution in [0.4, 0.5) is 29.1 Å². The Morgan fingerprint density at radius 3 is 2.78 bits per heavy atom. The Morgan fingerprint density at radius 2 is 2.04 bits per heavy atom. The quantitative estimate of drug-likeness (QED) is 0.687. The molecule has 3 aromatic heterocycles. The van der Waals surface area contributed by atoms with Crippen molar-refractivity contribution in [1.82, 2.24) is 14.4 Å². The van der Waals surface area contributed by atoms with Crippen LogP contribution in [-0.2, 0) is 11.2 Å². The molecule has 138 valence electrons. The number of alkyl halides is 3. The molecule has 5 nitrogen and oxygen atoms in total. The minimum absolute atomic E-state index is 0.0410. The van der Waals surface area contributed by atoms with Crippen molar-refractivity contribution in [3.63, 3.8) is 0 Å². The van der Waals surface area contributed by atoms with Gasteiger partial charge in [-0.05, 0) is 18.6 Å². The average Bonchev–Trinajstić information content (AvgIpc) is 2.96.